The summed E-state index contributed by atoms with van der Waals surface area (Å²) in [5.74, 6) is 1.77. The zero-order valence-corrected chi connectivity index (χ0v) is 22.5. The van der Waals surface area contributed by atoms with E-state index in [0.717, 1.165) is 17.1 Å². The van der Waals surface area contributed by atoms with Crippen molar-refractivity contribution in [3.05, 3.63) is 128 Å². The van der Waals surface area contributed by atoms with Crippen molar-refractivity contribution in [2.75, 3.05) is 13.1 Å². The fourth-order valence-electron chi connectivity index (χ4n) is 5.83. The summed E-state index contributed by atoms with van der Waals surface area (Å²) in [6.45, 7) is 11.1. The number of rotatable bonds is 3. The third-order valence-electron chi connectivity index (χ3n) is 8.24. The predicted molar refractivity (Wildman–Crippen MR) is 155 cm³/mol. The van der Waals surface area contributed by atoms with Crippen LogP contribution in [-0.2, 0) is 17.6 Å². The maximum atomic E-state index is 6.50. The van der Waals surface area contributed by atoms with Gasteiger partial charge in [0.05, 0.1) is 0 Å². The van der Waals surface area contributed by atoms with Crippen LogP contribution in [0, 0.1) is 27.7 Å². The Morgan fingerprint density at radius 2 is 1.30 bits per heavy atom. The Hall–Kier alpha value is -3.65. The Morgan fingerprint density at radius 3 is 1.95 bits per heavy atom. The molecule has 0 aromatic heterocycles. The van der Waals surface area contributed by atoms with E-state index in [1.54, 1.807) is 0 Å². The van der Waals surface area contributed by atoms with E-state index >= 15 is 0 Å². The number of hydrogen-bond donors (Lipinski definition) is 0. The zero-order chi connectivity index (χ0) is 25.5. The summed E-state index contributed by atoms with van der Waals surface area (Å²) in [6.07, 6.45) is 13.6. The highest BCUT2D eigenvalue weighted by Gasteiger charge is 2.23. The first-order valence-corrected chi connectivity index (χ1v) is 13.7. The number of nitrogens with zero attached hydrogens (tertiary/aromatic N) is 1. The fourth-order valence-corrected chi connectivity index (χ4v) is 5.83. The number of ether oxygens (including phenoxy) is 1. The molecular formula is C35H36NO+. The minimum atomic E-state index is 0.872. The van der Waals surface area contributed by atoms with Crippen molar-refractivity contribution in [3.63, 3.8) is 0 Å². The van der Waals surface area contributed by atoms with Crippen LogP contribution < -0.4 is 15.2 Å². The van der Waals surface area contributed by atoms with Crippen LogP contribution in [-0.4, -0.2) is 13.1 Å². The van der Waals surface area contributed by atoms with Crippen molar-refractivity contribution in [2.24, 2.45) is 0 Å². The predicted octanol–water partition coefficient (Wildman–Crippen LogP) is 6.12. The third-order valence-corrected chi connectivity index (χ3v) is 8.24. The lowest BCUT2D eigenvalue weighted by Crippen LogP contribution is -2.44. The molecule has 0 unspecified atom stereocenters. The van der Waals surface area contributed by atoms with Crippen molar-refractivity contribution in [1.29, 1.82) is 0 Å². The molecule has 3 aromatic rings. The second kappa shape index (κ2) is 9.67. The minimum Gasteiger partial charge on any atom is -0.457 e. The van der Waals surface area contributed by atoms with Gasteiger partial charge in [0.2, 0.25) is 5.36 Å². The van der Waals surface area contributed by atoms with Gasteiger partial charge < -0.3 is 4.74 Å². The van der Waals surface area contributed by atoms with Crippen LogP contribution in [0.5, 0.6) is 0 Å². The monoisotopic (exact) mass is 486 g/mol. The van der Waals surface area contributed by atoms with Gasteiger partial charge in [0.15, 0.2) is 0 Å². The second-order valence-corrected chi connectivity index (χ2v) is 10.9. The van der Waals surface area contributed by atoms with Gasteiger partial charge in [-0.1, -0.05) is 36.4 Å². The van der Waals surface area contributed by atoms with Crippen LogP contribution in [0.25, 0.3) is 17.4 Å². The third kappa shape index (κ3) is 4.73. The molecule has 0 saturated carbocycles. The molecule has 3 aliphatic heterocycles. The minimum absolute atomic E-state index is 0.872. The molecule has 0 spiro atoms. The van der Waals surface area contributed by atoms with E-state index in [-0.39, 0.29) is 0 Å². The van der Waals surface area contributed by atoms with Crippen molar-refractivity contribution in [1.82, 2.24) is 4.58 Å². The highest BCUT2D eigenvalue weighted by molar-refractivity contribution is 5.86. The molecule has 0 atom stereocenters. The van der Waals surface area contributed by atoms with E-state index in [4.69, 9.17) is 4.74 Å². The standard InChI is InChI=1S/C35H36NO/c1-23-9-12-28(17-25(23)3)32-21-33(37-34(22-32)29-13-10-24(2)26(4)18-29)14-11-27-19-30-7-5-15-36-16-6-8-31(20-27)35(30)36/h9-14,17-22H,5-8,15-16H2,1-4H3/q+1/b33-14+. The molecule has 3 aliphatic rings. The van der Waals surface area contributed by atoms with Crippen molar-refractivity contribution < 1.29 is 4.74 Å². The summed E-state index contributed by atoms with van der Waals surface area (Å²) in [5, 5.41) is 2.80. The molecule has 6 rings (SSSR count). The molecule has 0 fully saturated rings. The van der Waals surface area contributed by atoms with Gasteiger partial charge in [-0.2, -0.15) is 0 Å². The average molecular weight is 487 g/mol. The van der Waals surface area contributed by atoms with Gasteiger partial charge in [0.25, 0.3) is 0 Å². The van der Waals surface area contributed by atoms with Crippen molar-refractivity contribution >= 4 is 17.4 Å². The molecule has 0 N–H and O–H groups in total. The van der Waals surface area contributed by atoms with E-state index in [9.17, 15) is 0 Å². The Bertz CT molecular complexity index is 1590. The lowest BCUT2D eigenvalue weighted by molar-refractivity contribution is 0.398. The maximum Gasteiger partial charge on any atom is 0.206 e. The first kappa shape index (κ1) is 23.7. The molecular weight excluding hydrogens is 450 g/mol. The summed E-state index contributed by atoms with van der Waals surface area (Å²) in [4.78, 5) is 0. The van der Waals surface area contributed by atoms with E-state index in [0.29, 0.717) is 0 Å². The van der Waals surface area contributed by atoms with E-state index < -0.39 is 0 Å². The average Bonchev–Trinajstić information content (AvgIpc) is 2.91. The summed E-state index contributed by atoms with van der Waals surface area (Å²) >= 11 is 0. The molecule has 186 valence electrons. The Morgan fingerprint density at radius 1 is 0.676 bits per heavy atom. The van der Waals surface area contributed by atoms with Crippen LogP contribution in [0.15, 0.2) is 72.5 Å². The van der Waals surface area contributed by atoms with Gasteiger partial charge in [-0.15, -0.1) is 0 Å². The number of allylic oxidation sites excluding steroid dienone is 4. The summed E-state index contributed by atoms with van der Waals surface area (Å²) in [7, 11) is 0. The molecule has 3 aromatic carbocycles. The second-order valence-electron chi connectivity index (χ2n) is 10.9. The molecule has 2 nitrogen and oxygen atoms in total. The van der Waals surface area contributed by atoms with Crippen LogP contribution in [0.1, 0.15) is 57.3 Å². The lowest BCUT2D eigenvalue weighted by Gasteiger charge is -2.19. The van der Waals surface area contributed by atoms with E-state index in [1.165, 1.54) is 93.9 Å². The van der Waals surface area contributed by atoms with Gasteiger partial charge in [-0.25, -0.2) is 4.58 Å². The number of benzene rings is 3. The van der Waals surface area contributed by atoms with Crippen molar-refractivity contribution in [3.8, 4) is 0 Å². The topological polar surface area (TPSA) is 12.2 Å². The van der Waals surface area contributed by atoms with Gasteiger partial charge >= 0.3 is 0 Å². The molecule has 3 heterocycles. The smallest absolute Gasteiger partial charge is 0.206 e. The van der Waals surface area contributed by atoms with E-state index in [2.05, 4.69) is 105 Å². The lowest BCUT2D eigenvalue weighted by atomic mass is 9.95. The van der Waals surface area contributed by atoms with Crippen LogP contribution in [0.4, 0.5) is 0 Å². The first-order chi connectivity index (χ1) is 17.9. The van der Waals surface area contributed by atoms with Crippen LogP contribution >= 0.6 is 0 Å². The van der Waals surface area contributed by atoms with Crippen molar-refractivity contribution in [2.45, 2.75) is 53.4 Å². The molecule has 0 amide bonds. The van der Waals surface area contributed by atoms with Crippen LogP contribution in [0.3, 0.4) is 0 Å². The maximum absolute atomic E-state index is 6.50. The number of hydrogen-bond acceptors (Lipinski definition) is 1. The van der Waals surface area contributed by atoms with Gasteiger partial charge in [-0.3, -0.25) is 0 Å². The summed E-state index contributed by atoms with van der Waals surface area (Å²) in [6, 6.07) is 18.1. The van der Waals surface area contributed by atoms with E-state index in [1.807, 2.05) is 0 Å². The highest BCUT2D eigenvalue weighted by Crippen LogP contribution is 2.33. The number of aryl methyl sites for hydroxylation is 6. The quantitative estimate of drug-likeness (QED) is 0.406. The SMILES string of the molecule is Cc1ccc(C2=C/C(=C\C=c3cc4c5c(c3)CCC[N+]=5CCC4)OC(c3ccc(C)c(C)c3)=C2)cc1C. The molecule has 2 heteroatoms. The zero-order valence-electron chi connectivity index (χ0n) is 22.5. The Balaban J connectivity index is 1.44. The largest absolute Gasteiger partial charge is 0.457 e. The first-order valence-electron chi connectivity index (χ1n) is 13.7. The van der Waals surface area contributed by atoms with Gasteiger partial charge in [-0.05, 0) is 116 Å². The molecule has 37 heavy (non-hydrogen) atoms. The Kier molecular flexibility index (Phi) is 6.20. The van der Waals surface area contributed by atoms with Gasteiger partial charge in [0, 0.05) is 29.5 Å². The molecule has 0 bridgehead atoms. The molecule has 0 radical (unpaired) electrons. The Labute approximate surface area is 220 Å². The molecule has 0 saturated heterocycles. The normalized spacial score (nSPS) is 17.6. The fraction of sp³-hybridized carbons (Fsp3) is 0.286. The van der Waals surface area contributed by atoms with Crippen LogP contribution in [0.2, 0.25) is 0 Å². The summed E-state index contributed by atoms with van der Waals surface area (Å²) < 4.78 is 9.10. The summed E-state index contributed by atoms with van der Waals surface area (Å²) in [5.41, 5.74) is 11.7. The highest BCUT2D eigenvalue weighted by atomic mass is 16.5. The molecule has 0 aliphatic carbocycles. The van der Waals surface area contributed by atoms with Gasteiger partial charge in [0.1, 0.15) is 24.6 Å².